The maximum absolute atomic E-state index is 11.9. The molecule has 0 bridgehead atoms. The zero-order chi connectivity index (χ0) is 15.2. The number of aliphatic carboxylic acids is 1. The van der Waals surface area contributed by atoms with Gasteiger partial charge in [0, 0.05) is 17.4 Å². The van der Waals surface area contributed by atoms with Gasteiger partial charge in [0.2, 0.25) is 5.91 Å². The second-order valence-corrected chi connectivity index (χ2v) is 6.12. The smallest absolute Gasteiger partial charge is 0.478 e. The summed E-state index contributed by atoms with van der Waals surface area (Å²) >= 11 is 1.51. The molecule has 6 nitrogen and oxygen atoms in total. The Hall–Kier alpha value is -1.38. The summed E-state index contributed by atoms with van der Waals surface area (Å²) in [7, 11) is -1.08. The lowest BCUT2D eigenvalue weighted by Crippen LogP contribution is -2.53. The van der Waals surface area contributed by atoms with Crippen molar-refractivity contribution in [3.05, 3.63) is 22.4 Å². The molecule has 1 aliphatic heterocycles. The Morgan fingerprint density at radius 2 is 2.29 bits per heavy atom. The van der Waals surface area contributed by atoms with Crippen LogP contribution in [0, 0.1) is 0 Å². The maximum Gasteiger partial charge on any atom is 0.478 e. The van der Waals surface area contributed by atoms with Gasteiger partial charge in [0.1, 0.15) is 0 Å². The third kappa shape index (κ3) is 5.15. The topological polar surface area (TPSA) is 95.9 Å². The highest BCUT2D eigenvalue weighted by Crippen LogP contribution is 2.20. The van der Waals surface area contributed by atoms with Gasteiger partial charge in [0.15, 0.2) is 0 Å². The van der Waals surface area contributed by atoms with Crippen LogP contribution < -0.4 is 5.32 Å². The minimum atomic E-state index is -1.08. The third-order valence-corrected chi connectivity index (χ3v) is 4.29. The summed E-state index contributed by atoms with van der Waals surface area (Å²) in [6, 6.07) is 3.78. The molecular weight excluding hydrogens is 293 g/mol. The van der Waals surface area contributed by atoms with E-state index < -0.39 is 19.0 Å². The van der Waals surface area contributed by atoms with Gasteiger partial charge < -0.3 is 20.1 Å². The number of hydrogen-bond donors (Lipinski definition) is 3. The summed E-state index contributed by atoms with van der Waals surface area (Å²) in [6.45, 7) is 0. The summed E-state index contributed by atoms with van der Waals surface area (Å²) in [4.78, 5) is 23.4. The lowest BCUT2D eigenvalue weighted by atomic mass is 9.72. The molecule has 21 heavy (non-hydrogen) atoms. The number of thiophene rings is 1. The van der Waals surface area contributed by atoms with Gasteiger partial charge in [-0.25, -0.2) is 0 Å². The number of carboxylic acids is 1. The molecule has 0 spiro atoms. The van der Waals surface area contributed by atoms with E-state index in [1.165, 1.54) is 11.3 Å². The highest BCUT2D eigenvalue weighted by molar-refractivity contribution is 7.10. The molecular formula is C13H18BNO5S. The molecule has 1 fully saturated rings. The van der Waals surface area contributed by atoms with E-state index in [1.807, 2.05) is 17.5 Å². The van der Waals surface area contributed by atoms with Gasteiger partial charge in [-0.05, 0) is 30.7 Å². The Morgan fingerprint density at radius 1 is 1.48 bits per heavy atom. The van der Waals surface area contributed by atoms with Gasteiger partial charge in [0.05, 0.1) is 12.4 Å². The number of amides is 1. The SMILES string of the molecule is O=C(O)CC[C@@H]1CC[C@H](NC(=O)Cc2cccs2)B(O)O1. The monoisotopic (exact) mass is 311 g/mol. The van der Waals surface area contributed by atoms with E-state index in [1.54, 1.807) is 0 Å². The van der Waals surface area contributed by atoms with E-state index in [0.717, 1.165) is 4.88 Å². The number of carboxylic acid groups (broad SMARTS) is 1. The first-order chi connectivity index (χ1) is 10.0. The van der Waals surface area contributed by atoms with Crippen LogP contribution in [0.5, 0.6) is 0 Å². The van der Waals surface area contributed by atoms with Crippen molar-refractivity contribution in [1.29, 1.82) is 0 Å². The van der Waals surface area contributed by atoms with Crippen LogP contribution in [0.25, 0.3) is 0 Å². The molecule has 3 N–H and O–H groups in total. The summed E-state index contributed by atoms with van der Waals surface area (Å²) in [5, 5.41) is 23.2. The number of hydrogen-bond acceptors (Lipinski definition) is 5. The average molecular weight is 311 g/mol. The van der Waals surface area contributed by atoms with E-state index in [0.29, 0.717) is 25.7 Å². The Balaban J connectivity index is 1.75. The van der Waals surface area contributed by atoms with Crippen LogP contribution in [0.4, 0.5) is 0 Å². The summed E-state index contributed by atoms with van der Waals surface area (Å²) in [5.74, 6) is -1.45. The second kappa shape index (κ2) is 7.58. The zero-order valence-corrected chi connectivity index (χ0v) is 12.3. The molecule has 0 radical (unpaired) electrons. The van der Waals surface area contributed by atoms with Gasteiger partial charge in [-0.3, -0.25) is 9.59 Å². The molecule has 114 valence electrons. The van der Waals surface area contributed by atoms with Crippen LogP contribution in [-0.2, 0) is 20.7 Å². The van der Waals surface area contributed by atoms with E-state index in [4.69, 9.17) is 9.76 Å². The van der Waals surface area contributed by atoms with Crippen LogP contribution >= 0.6 is 11.3 Å². The van der Waals surface area contributed by atoms with Crippen LogP contribution in [0.2, 0.25) is 0 Å². The molecule has 2 atom stereocenters. The first-order valence-electron chi connectivity index (χ1n) is 6.91. The molecule has 1 amide bonds. The molecule has 2 heterocycles. The van der Waals surface area contributed by atoms with Crippen molar-refractivity contribution < 1.29 is 24.4 Å². The summed E-state index contributed by atoms with van der Waals surface area (Å²) < 4.78 is 5.37. The van der Waals surface area contributed by atoms with Crippen LogP contribution in [0.1, 0.15) is 30.6 Å². The van der Waals surface area contributed by atoms with E-state index in [-0.39, 0.29) is 18.4 Å². The maximum atomic E-state index is 11.9. The Bertz CT molecular complexity index is 481. The fourth-order valence-corrected chi connectivity index (χ4v) is 3.04. The lowest BCUT2D eigenvalue weighted by molar-refractivity contribution is -0.137. The number of carbonyl (C=O) groups excluding carboxylic acids is 1. The predicted molar refractivity (Wildman–Crippen MR) is 78.9 cm³/mol. The van der Waals surface area contributed by atoms with Crippen LogP contribution in [0.15, 0.2) is 17.5 Å². The Kier molecular flexibility index (Phi) is 5.78. The molecule has 1 aromatic heterocycles. The molecule has 0 aliphatic carbocycles. The van der Waals surface area contributed by atoms with E-state index in [2.05, 4.69) is 5.32 Å². The fraction of sp³-hybridized carbons (Fsp3) is 0.538. The normalized spacial score (nSPS) is 22.0. The Labute approximate surface area is 127 Å². The van der Waals surface area contributed by atoms with Crippen LogP contribution in [0.3, 0.4) is 0 Å². The number of carbonyl (C=O) groups is 2. The van der Waals surface area contributed by atoms with Crippen LogP contribution in [-0.4, -0.2) is 41.2 Å². The van der Waals surface area contributed by atoms with E-state index >= 15 is 0 Å². The minimum absolute atomic E-state index is 0.0206. The molecule has 0 aromatic carbocycles. The van der Waals surface area contributed by atoms with Crippen molar-refractivity contribution in [2.45, 2.75) is 44.1 Å². The Morgan fingerprint density at radius 3 is 2.90 bits per heavy atom. The molecule has 1 saturated heterocycles. The third-order valence-electron chi connectivity index (χ3n) is 3.42. The van der Waals surface area contributed by atoms with E-state index in [9.17, 15) is 14.6 Å². The lowest BCUT2D eigenvalue weighted by Gasteiger charge is -2.31. The first kappa shape index (κ1) is 16.0. The summed E-state index contributed by atoms with van der Waals surface area (Å²) in [6.07, 6.45) is 1.65. The molecule has 0 saturated carbocycles. The molecule has 1 aliphatic rings. The standard InChI is InChI=1S/C13H18BNO5S/c16-12(8-10-2-1-7-21-10)15-11-5-3-9(20-14(11)19)4-6-13(17)18/h1-2,7,9,11,19H,3-6,8H2,(H,15,16)(H,17,18)/t9-,11-/m0/s1. The second-order valence-electron chi connectivity index (χ2n) is 5.09. The highest BCUT2D eigenvalue weighted by Gasteiger charge is 2.35. The molecule has 0 unspecified atom stereocenters. The number of nitrogens with one attached hydrogen (secondary N) is 1. The quantitative estimate of drug-likeness (QED) is 0.677. The predicted octanol–water partition coefficient (Wildman–Crippen LogP) is 0.839. The van der Waals surface area contributed by atoms with Gasteiger partial charge in [-0.2, -0.15) is 0 Å². The van der Waals surface area contributed by atoms with Crippen molar-refractivity contribution in [2.75, 3.05) is 0 Å². The first-order valence-corrected chi connectivity index (χ1v) is 7.79. The van der Waals surface area contributed by atoms with Gasteiger partial charge in [-0.15, -0.1) is 11.3 Å². The molecule has 8 heteroatoms. The highest BCUT2D eigenvalue weighted by atomic mass is 32.1. The summed E-state index contributed by atoms with van der Waals surface area (Å²) in [5.41, 5.74) is 0. The fourth-order valence-electron chi connectivity index (χ4n) is 2.34. The average Bonchev–Trinajstić information content (AvgIpc) is 2.92. The minimum Gasteiger partial charge on any atom is -0.481 e. The van der Waals surface area contributed by atoms with Gasteiger partial charge in [0.25, 0.3) is 0 Å². The largest absolute Gasteiger partial charge is 0.481 e. The van der Waals surface area contributed by atoms with Gasteiger partial charge in [-0.1, -0.05) is 6.07 Å². The van der Waals surface area contributed by atoms with Crippen molar-refractivity contribution in [3.63, 3.8) is 0 Å². The van der Waals surface area contributed by atoms with Crippen molar-refractivity contribution >= 4 is 30.3 Å². The molecule has 1 aromatic rings. The molecule has 2 rings (SSSR count). The number of rotatable bonds is 6. The van der Waals surface area contributed by atoms with Crippen molar-refractivity contribution in [1.82, 2.24) is 5.32 Å². The van der Waals surface area contributed by atoms with Gasteiger partial charge >= 0.3 is 13.1 Å². The van der Waals surface area contributed by atoms with Crippen molar-refractivity contribution in [3.8, 4) is 0 Å². The van der Waals surface area contributed by atoms with Crippen molar-refractivity contribution in [2.24, 2.45) is 0 Å². The zero-order valence-electron chi connectivity index (χ0n) is 11.5.